The van der Waals surface area contributed by atoms with Crippen molar-refractivity contribution in [2.45, 2.75) is 19.8 Å². The number of halogens is 1. The number of nitrogens with one attached hydrogen (secondary N) is 1. The Balaban J connectivity index is 2.76. The summed E-state index contributed by atoms with van der Waals surface area (Å²) >= 11 is 6.00. The summed E-state index contributed by atoms with van der Waals surface area (Å²) in [6.45, 7) is 2.29. The fraction of sp³-hybridized carbons (Fsp3) is 0.467. The van der Waals surface area contributed by atoms with E-state index < -0.39 is 21.9 Å². The highest BCUT2D eigenvalue weighted by Gasteiger charge is 2.17. The first-order chi connectivity index (χ1) is 11.2. The molecule has 0 aliphatic heterocycles. The Kier molecular flexibility index (Phi) is 7.65. The Labute approximate surface area is 147 Å². The predicted molar refractivity (Wildman–Crippen MR) is 92.7 cm³/mol. The molecule has 0 aliphatic rings. The molecule has 0 saturated carbocycles. The van der Waals surface area contributed by atoms with E-state index in [9.17, 15) is 18.0 Å². The minimum Gasteiger partial charge on any atom is -0.465 e. The number of benzene rings is 1. The third-order valence-electron chi connectivity index (χ3n) is 3.19. The molecule has 0 spiro atoms. The molecule has 7 nitrogen and oxygen atoms in total. The van der Waals surface area contributed by atoms with Gasteiger partial charge in [-0.25, -0.2) is 17.5 Å². The predicted octanol–water partition coefficient (Wildman–Crippen LogP) is 2.13. The van der Waals surface area contributed by atoms with Crippen molar-refractivity contribution >= 4 is 39.2 Å². The van der Waals surface area contributed by atoms with Crippen molar-refractivity contribution in [2.24, 2.45) is 0 Å². The molecule has 0 unspecified atom stereocenters. The quantitative estimate of drug-likeness (QED) is 0.701. The lowest BCUT2D eigenvalue weighted by atomic mass is 10.2. The van der Waals surface area contributed by atoms with Gasteiger partial charge >= 0.3 is 5.97 Å². The first-order valence-corrected chi connectivity index (χ1v) is 9.54. The van der Waals surface area contributed by atoms with Crippen LogP contribution in [-0.2, 0) is 19.6 Å². The van der Waals surface area contributed by atoms with Gasteiger partial charge in [-0.15, -0.1) is 0 Å². The third-order valence-corrected chi connectivity index (χ3v) is 4.82. The maximum atomic E-state index is 12.0. The summed E-state index contributed by atoms with van der Waals surface area (Å²) in [7, 11) is -2.11. The molecule has 1 aromatic carbocycles. The monoisotopic (exact) mass is 376 g/mol. The van der Waals surface area contributed by atoms with Crippen molar-refractivity contribution in [2.75, 3.05) is 31.8 Å². The van der Waals surface area contributed by atoms with Crippen molar-refractivity contribution in [1.29, 1.82) is 0 Å². The van der Waals surface area contributed by atoms with Crippen LogP contribution in [0.2, 0.25) is 5.02 Å². The highest BCUT2D eigenvalue weighted by Crippen LogP contribution is 2.23. The van der Waals surface area contributed by atoms with Gasteiger partial charge in [-0.05, 0) is 24.6 Å². The summed E-state index contributed by atoms with van der Waals surface area (Å²) in [6, 6.07) is 4.37. The summed E-state index contributed by atoms with van der Waals surface area (Å²) in [5, 5.41) is 2.85. The molecule has 134 valence electrons. The first kappa shape index (κ1) is 20.4. The number of ether oxygens (including phenoxy) is 1. The second-order valence-corrected chi connectivity index (χ2v) is 7.54. The normalized spacial score (nSPS) is 11.4. The highest BCUT2D eigenvalue weighted by molar-refractivity contribution is 7.88. The Morgan fingerprint density at radius 3 is 2.50 bits per heavy atom. The molecular weight excluding hydrogens is 356 g/mol. The fourth-order valence-electron chi connectivity index (χ4n) is 2.00. The lowest BCUT2D eigenvalue weighted by Gasteiger charge is -2.18. The van der Waals surface area contributed by atoms with Crippen molar-refractivity contribution in [3.05, 3.63) is 28.8 Å². The van der Waals surface area contributed by atoms with E-state index in [1.165, 1.54) is 29.6 Å². The van der Waals surface area contributed by atoms with E-state index >= 15 is 0 Å². The molecule has 0 aromatic heterocycles. The number of rotatable bonds is 8. The standard InChI is InChI=1S/C15H21ClN2O5S/c1-4-8-18(24(3,21)22)9-7-14(19)17-13-10-11(15(20)23-2)5-6-12(13)16/h5-6,10H,4,7-9H2,1-3H3,(H,17,19). The number of methoxy groups -OCH3 is 1. The number of nitrogens with zero attached hydrogens (tertiary/aromatic N) is 1. The maximum absolute atomic E-state index is 12.0. The van der Waals surface area contributed by atoms with Crippen molar-refractivity contribution < 1.29 is 22.7 Å². The van der Waals surface area contributed by atoms with E-state index in [-0.39, 0.29) is 29.2 Å². The molecule has 0 heterocycles. The first-order valence-electron chi connectivity index (χ1n) is 7.31. The molecule has 0 fully saturated rings. The highest BCUT2D eigenvalue weighted by atomic mass is 35.5. The van der Waals surface area contributed by atoms with Crippen LogP contribution >= 0.6 is 11.6 Å². The zero-order valence-electron chi connectivity index (χ0n) is 13.8. The largest absolute Gasteiger partial charge is 0.465 e. The molecule has 24 heavy (non-hydrogen) atoms. The summed E-state index contributed by atoms with van der Waals surface area (Å²) in [5.74, 6) is -0.947. The van der Waals surface area contributed by atoms with Gasteiger partial charge in [-0.1, -0.05) is 18.5 Å². The van der Waals surface area contributed by atoms with Crippen LogP contribution in [0.4, 0.5) is 5.69 Å². The van der Waals surface area contributed by atoms with Crippen LogP contribution in [0.3, 0.4) is 0 Å². The summed E-state index contributed by atoms with van der Waals surface area (Å²) < 4.78 is 29.1. The molecule has 0 radical (unpaired) electrons. The van der Waals surface area contributed by atoms with Crippen molar-refractivity contribution in [3.8, 4) is 0 Å². The van der Waals surface area contributed by atoms with Crippen molar-refractivity contribution in [3.63, 3.8) is 0 Å². The van der Waals surface area contributed by atoms with E-state index in [2.05, 4.69) is 10.1 Å². The zero-order chi connectivity index (χ0) is 18.3. The van der Waals surface area contributed by atoms with Crippen LogP contribution in [0.5, 0.6) is 0 Å². The SMILES string of the molecule is CCCN(CCC(=O)Nc1cc(C(=O)OC)ccc1Cl)S(C)(=O)=O. The van der Waals surface area contributed by atoms with Gasteiger partial charge in [0.1, 0.15) is 0 Å². The molecule has 1 aromatic rings. The minimum atomic E-state index is -3.36. The smallest absolute Gasteiger partial charge is 0.337 e. The average molecular weight is 377 g/mol. The lowest BCUT2D eigenvalue weighted by Crippen LogP contribution is -2.33. The fourth-order valence-corrected chi connectivity index (χ4v) is 3.10. The minimum absolute atomic E-state index is 0.0220. The van der Waals surface area contributed by atoms with E-state index in [1.54, 1.807) is 0 Å². The number of amides is 1. The van der Waals surface area contributed by atoms with E-state index in [0.717, 1.165) is 6.26 Å². The van der Waals surface area contributed by atoms with Crippen molar-refractivity contribution in [1.82, 2.24) is 4.31 Å². The van der Waals surface area contributed by atoms with Crippen LogP contribution in [0.15, 0.2) is 18.2 Å². The van der Waals surface area contributed by atoms with Crippen LogP contribution in [0.1, 0.15) is 30.1 Å². The van der Waals surface area contributed by atoms with Gasteiger partial charge in [0.25, 0.3) is 0 Å². The molecule has 1 rings (SSSR count). The second kappa shape index (κ2) is 9.00. The van der Waals surface area contributed by atoms with Gasteiger partial charge in [0.05, 0.1) is 29.6 Å². The molecule has 1 N–H and O–H groups in total. The number of esters is 1. The maximum Gasteiger partial charge on any atom is 0.337 e. The topological polar surface area (TPSA) is 92.8 Å². The second-order valence-electron chi connectivity index (χ2n) is 5.15. The molecule has 0 aliphatic carbocycles. The third kappa shape index (κ3) is 6.10. The number of carbonyl (C=O) groups excluding carboxylic acids is 2. The average Bonchev–Trinajstić information content (AvgIpc) is 2.51. The van der Waals surface area contributed by atoms with Gasteiger partial charge in [0.2, 0.25) is 15.9 Å². The van der Waals surface area contributed by atoms with Gasteiger partial charge in [0, 0.05) is 19.5 Å². The molecule has 0 bridgehead atoms. The van der Waals surface area contributed by atoms with E-state index in [1.807, 2.05) is 6.92 Å². The lowest BCUT2D eigenvalue weighted by molar-refractivity contribution is -0.116. The zero-order valence-corrected chi connectivity index (χ0v) is 15.4. The molecule has 0 atom stereocenters. The molecular formula is C15H21ClN2O5S. The molecule has 0 saturated heterocycles. The number of anilines is 1. The number of hydrogen-bond donors (Lipinski definition) is 1. The number of carbonyl (C=O) groups is 2. The van der Waals surface area contributed by atoms with Crippen LogP contribution in [0, 0.1) is 0 Å². The Bertz CT molecular complexity index is 706. The van der Waals surface area contributed by atoms with Gasteiger partial charge in [-0.2, -0.15) is 0 Å². The molecule has 9 heteroatoms. The number of hydrogen-bond acceptors (Lipinski definition) is 5. The summed E-state index contributed by atoms with van der Waals surface area (Å²) in [5.41, 5.74) is 0.520. The van der Waals surface area contributed by atoms with Gasteiger partial charge in [-0.3, -0.25) is 4.79 Å². The summed E-state index contributed by atoms with van der Waals surface area (Å²) in [6.07, 6.45) is 1.74. The molecule has 1 amide bonds. The number of sulfonamides is 1. The Morgan fingerprint density at radius 2 is 1.96 bits per heavy atom. The van der Waals surface area contributed by atoms with Crippen LogP contribution in [0.25, 0.3) is 0 Å². The van der Waals surface area contributed by atoms with Gasteiger partial charge in [0.15, 0.2) is 0 Å². The van der Waals surface area contributed by atoms with E-state index in [0.29, 0.717) is 13.0 Å². The van der Waals surface area contributed by atoms with E-state index in [4.69, 9.17) is 11.6 Å². The van der Waals surface area contributed by atoms with Crippen LogP contribution < -0.4 is 5.32 Å². The summed E-state index contributed by atoms with van der Waals surface area (Å²) in [4.78, 5) is 23.6. The van der Waals surface area contributed by atoms with Gasteiger partial charge < -0.3 is 10.1 Å². The Hall–Kier alpha value is -1.64. The Morgan fingerprint density at radius 1 is 1.29 bits per heavy atom. The van der Waals surface area contributed by atoms with Crippen LogP contribution in [-0.4, -0.2) is 51.1 Å².